The summed E-state index contributed by atoms with van der Waals surface area (Å²) in [4.78, 5) is 13.7. The van der Waals surface area contributed by atoms with Crippen molar-refractivity contribution in [1.82, 2.24) is 15.0 Å². The quantitative estimate of drug-likeness (QED) is 0.492. The molecule has 36 heavy (non-hydrogen) atoms. The second kappa shape index (κ2) is 8.85. The number of hydrogen-bond acceptors (Lipinski definition) is 4. The van der Waals surface area contributed by atoms with E-state index in [1.54, 1.807) is 0 Å². The van der Waals surface area contributed by atoms with Gasteiger partial charge in [0.25, 0.3) is 0 Å². The standard InChI is InChI=1S/C29H39F2N3O2/c1-17-10-13-29(16-36-3)18(14-17)4-5-19-20-6-7-22(28(20,2)12-11-21(19)29)25(35)15-34-24-9-8-23(30)26(31)27(24)32-33-34/h8-9,17-22H,4-7,10-16H2,1-3H3/t17?,18?,19-,20?,21?,22?,28-,29?/m0/s1. The summed E-state index contributed by atoms with van der Waals surface area (Å²) in [5.74, 6) is 1.72. The fourth-order valence-corrected chi connectivity index (χ4v) is 9.70. The van der Waals surface area contributed by atoms with Gasteiger partial charge in [-0.15, -0.1) is 5.10 Å². The Morgan fingerprint density at radius 1 is 1.11 bits per heavy atom. The average Bonchev–Trinajstić information content (AvgIpc) is 3.42. The van der Waals surface area contributed by atoms with Crippen LogP contribution in [-0.4, -0.2) is 34.5 Å². The van der Waals surface area contributed by atoms with E-state index in [-0.39, 0.29) is 29.2 Å². The lowest BCUT2D eigenvalue weighted by Gasteiger charge is -2.61. The van der Waals surface area contributed by atoms with Crippen molar-refractivity contribution in [2.75, 3.05) is 13.7 Å². The number of aromatic nitrogens is 3. The van der Waals surface area contributed by atoms with Gasteiger partial charge in [-0.25, -0.2) is 13.5 Å². The number of hydrogen-bond donors (Lipinski definition) is 0. The first-order valence-electron chi connectivity index (χ1n) is 14.0. The van der Waals surface area contributed by atoms with Crippen LogP contribution in [0.5, 0.6) is 0 Å². The van der Waals surface area contributed by atoms with Gasteiger partial charge in [0.1, 0.15) is 6.54 Å². The molecule has 0 aliphatic heterocycles. The van der Waals surface area contributed by atoms with E-state index in [9.17, 15) is 13.6 Å². The first-order valence-corrected chi connectivity index (χ1v) is 14.0. The third-order valence-corrected chi connectivity index (χ3v) is 11.3. The van der Waals surface area contributed by atoms with Gasteiger partial charge in [-0.3, -0.25) is 4.79 Å². The number of fused-ring (bicyclic) bond motifs is 6. The zero-order valence-corrected chi connectivity index (χ0v) is 21.8. The molecule has 0 amide bonds. The van der Waals surface area contributed by atoms with Crippen LogP contribution in [0, 0.1) is 58.0 Å². The monoisotopic (exact) mass is 499 g/mol. The van der Waals surface area contributed by atoms with Gasteiger partial charge in [-0.05, 0) is 104 Å². The molecule has 0 saturated heterocycles. The highest BCUT2D eigenvalue weighted by Gasteiger charge is 2.62. The number of ether oxygens (including phenoxy) is 1. The Bertz CT molecular complexity index is 1170. The molecule has 7 heteroatoms. The summed E-state index contributed by atoms with van der Waals surface area (Å²) in [6.07, 6.45) is 10.8. The van der Waals surface area contributed by atoms with Gasteiger partial charge in [-0.1, -0.05) is 25.5 Å². The zero-order valence-electron chi connectivity index (χ0n) is 21.8. The van der Waals surface area contributed by atoms with Gasteiger partial charge < -0.3 is 4.74 Å². The normalized spacial score (nSPS) is 40.0. The Morgan fingerprint density at radius 3 is 2.75 bits per heavy atom. The van der Waals surface area contributed by atoms with Crippen molar-refractivity contribution >= 4 is 16.8 Å². The predicted molar refractivity (Wildman–Crippen MR) is 133 cm³/mol. The molecule has 196 valence electrons. The Hall–Kier alpha value is -1.89. The molecule has 4 aliphatic carbocycles. The van der Waals surface area contributed by atoms with Crippen LogP contribution in [0.2, 0.25) is 0 Å². The number of halogens is 2. The van der Waals surface area contributed by atoms with E-state index in [1.165, 1.54) is 49.3 Å². The predicted octanol–water partition coefficient (Wildman–Crippen LogP) is 6.20. The van der Waals surface area contributed by atoms with E-state index < -0.39 is 11.6 Å². The molecule has 4 fully saturated rings. The fourth-order valence-electron chi connectivity index (χ4n) is 9.70. The molecule has 0 bridgehead atoms. The smallest absolute Gasteiger partial charge is 0.188 e. The van der Waals surface area contributed by atoms with Crippen molar-refractivity contribution in [3.8, 4) is 0 Å². The van der Waals surface area contributed by atoms with Crippen LogP contribution in [-0.2, 0) is 16.1 Å². The maximum absolute atomic E-state index is 14.1. The second-order valence-corrected chi connectivity index (χ2v) is 12.8. The summed E-state index contributed by atoms with van der Waals surface area (Å²) < 4.78 is 35.1. The summed E-state index contributed by atoms with van der Waals surface area (Å²) >= 11 is 0. The van der Waals surface area contributed by atoms with Crippen LogP contribution >= 0.6 is 0 Å². The van der Waals surface area contributed by atoms with Crippen molar-refractivity contribution in [3.63, 3.8) is 0 Å². The average molecular weight is 500 g/mol. The molecule has 1 heterocycles. The highest BCUT2D eigenvalue weighted by Crippen LogP contribution is 2.68. The molecule has 1 aromatic heterocycles. The number of carbonyl (C=O) groups is 1. The molecule has 4 saturated carbocycles. The molecule has 0 spiro atoms. The van der Waals surface area contributed by atoms with E-state index in [4.69, 9.17) is 4.74 Å². The van der Waals surface area contributed by atoms with Crippen LogP contribution < -0.4 is 0 Å². The van der Waals surface area contributed by atoms with Crippen molar-refractivity contribution in [1.29, 1.82) is 0 Å². The van der Waals surface area contributed by atoms with Crippen LogP contribution in [0.3, 0.4) is 0 Å². The second-order valence-electron chi connectivity index (χ2n) is 12.8. The van der Waals surface area contributed by atoms with Gasteiger partial charge in [0.2, 0.25) is 0 Å². The van der Waals surface area contributed by atoms with E-state index in [0.717, 1.165) is 43.8 Å². The largest absolute Gasteiger partial charge is 0.384 e. The number of rotatable bonds is 5. The van der Waals surface area contributed by atoms with Crippen LogP contribution in [0.15, 0.2) is 12.1 Å². The summed E-state index contributed by atoms with van der Waals surface area (Å²) in [5.41, 5.74) is 0.569. The first kappa shape index (κ1) is 24.4. The summed E-state index contributed by atoms with van der Waals surface area (Å²) in [6, 6.07) is 2.54. The van der Waals surface area contributed by atoms with Gasteiger partial charge in [0, 0.05) is 13.0 Å². The molecule has 4 aliphatic rings. The number of Topliss-reactive ketones (excluding diaryl/α,β-unsaturated/α-hetero) is 1. The lowest BCUT2D eigenvalue weighted by Crippen LogP contribution is -2.56. The summed E-state index contributed by atoms with van der Waals surface area (Å²) in [6.45, 7) is 5.72. The molecule has 6 rings (SSSR count). The Morgan fingerprint density at radius 2 is 1.94 bits per heavy atom. The molecule has 6 unspecified atom stereocenters. The molecular weight excluding hydrogens is 460 g/mol. The summed E-state index contributed by atoms with van der Waals surface area (Å²) in [5, 5.41) is 7.82. The number of carbonyl (C=O) groups excluding carboxylic acids is 1. The molecule has 2 aromatic rings. The minimum atomic E-state index is -1.00. The third-order valence-electron chi connectivity index (χ3n) is 11.3. The lowest BCUT2D eigenvalue weighted by atomic mass is 9.44. The van der Waals surface area contributed by atoms with Crippen molar-refractivity contribution < 1.29 is 18.3 Å². The minimum absolute atomic E-state index is 0.00491. The first-order chi connectivity index (χ1) is 17.3. The molecular formula is C29H39F2N3O2. The van der Waals surface area contributed by atoms with Gasteiger partial charge >= 0.3 is 0 Å². The van der Waals surface area contributed by atoms with Crippen LogP contribution in [0.4, 0.5) is 8.78 Å². The molecule has 5 nitrogen and oxygen atoms in total. The topological polar surface area (TPSA) is 57.0 Å². The maximum Gasteiger partial charge on any atom is 0.188 e. The van der Waals surface area contributed by atoms with E-state index in [2.05, 4.69) is 24.2 Å². The molecule has 0 radical (unpaired) electrons. The van der Waals surface area contributed by atoms with Gasteiger partial charge in [0.15, 0.2) is 22.9 Å². The van der Waals surface area contributed by atoms with E-state index in [1.807, 2.05) is 7.11 Å². The highest BCUT2D eigenvalue weighted by atomic mass is 19.2. The number of ketones is 1. The molecule has 8 atom stereocenters. The molecule has 1 aromatic carbocycles. The maximum atomic E-state index is 14.1. The third kappa shape index (κ3) is 3.51. The van der Waals surface area contributed by atoms with E-state index >= 15 is 0 Å². The highest BCUT2D eigenvalue weighted by molar-refractivity contribution is 5.84. The van der Waals surface area contributed by atoms with E-state index in [0.29, 0.717) is 28.7 Å². The van der Waals surface area contributed by atoms with Gasteiger partial charge in [0.05, 0.1) is 12.1 Å². The van der Waals surface area contributed by atoms with Gasteiger partial charge in [-0.2, -0.15) is 0 Å². The van der Waals surface area contributed by atoms with Crippen molar-refractivity contribution in [3.05, 3.63) is 23.8 Å². The molecule has 0 N–H and O–H groups in total. The summed E-state index contributed by atoms with van der Waals surface area (Å²) in [7, 11) is 1.87. The number of methoxy groups -OCH3 is 1. The minimum Gasteiger partial charge on any atom is -0.384 e. The zero-order chi connectivity index (χ0) is 25.2. The SMILES string of the molecule is COCC12CCC(C)CC1CC[C@@H]1C2CC[C@]2(C)C(C(=O)Cn3nnc4c(F)c(F)ccc43)CCC12. The Kier molecular flexibility index (Phi) is 6.01. The van der Waals surface area contributed by atoms with Crippen LogP contribution in [0.1, 0.15) is 71.6 Å². The van der Waals surface area contributed by atoms with Crippen LogP contribution in [0.25, 0.3) is 11.0 Å². The Labute approximate surface area is 212 Å². The lowest BCUT2D eigenvalue weighted by molar-refractivity contribution is -0.154. The number of benzene rings is 1. The van der Waals surface area contributed by atoms with Crippen molar-refractivity contribution in [2.45, 2.75) is 78.2 Å². The number of nitrogens with zero attached hydrogens (tertiary/aromatic N) is 3. The fraction of sp³-hybridized carbons (Fsp3) is 0.759. The Balaban J connectivity index is 1.24. The van der Waals surface area contributed by atoms with Crippen molar-refractivity contribution in [2.24, 2.45) is 46.3 Å².